The van der Waals surface area contributed by atoms with Gasteiger partial charge in [-0.2, -0.15) is 0 Å². The van der Waals surface area contributed by atoms with Crippen LogP contribution in [0.25, 0.3) is 0 Å². The average Bonchev–Trinajstić information content (AvgIpc) is 2.07. The van der Waals surface area contributed by atoms with Gasteiger partial charge in [0.1, 0.15) is 5.82 Å². The van der Waals surface area contributed by atoms with Gasteiger partial charge in [-0.05, 0) is 17.9 Å². The highest BCUT2D eigenvalue weighted by Crippen LogP contribution is 2.23. The van der Waals surface area contributed by atoms with Gasteiger partial charge in [-0.3, -0.25) is 0 Å². The molecule has 0 unspecified atom stereocenters. The Morgan fingerprint density at radius 1 is 1.33 bits per heavy atom. The Morgan fingerprint density at radius 2 is 2.00 bits per heavy atom. The number of pyridine rings is 1. The summed E-state index contributed by atoms with van der Waals surface area (Å²) in [5.41, 5.74) is 0.311. The van der Waals surface area contributed by atoms with Crippen LogP contribution in [0.3, 0.4) is 0 Å². The van der Waals surface area contributed by atoms with Gasteiger partial charge in [-0.25, -0.2) is 4.98 Å². The lowest BCUT2D eigenvalue weighted by Gasteiger charge is -2.18. The molecule has 4 heteroatoms. The first-order chi connectivity index (χ1) is 6.88. The molecule has 0 radical (unpaired) electrons. The van der Waals surface area contributed by atoms with Crippen LogP contribution in [0.4, 0.5) is 5.82 Å². The molecule has 1 aromatic heterocycles. The zero-order valence-corrected chi connectivity index (χ0v) is 10.8. The first kappa shape index (κ1) is 12.6. The third-order valence-corrected chi connectivity index (χ3v) is 2.47. The molecule has 2 nitrogen and oxygen atoms in total. The highest BCUT2D eigenvalue weighted by Gasteiger charge is 2.10. The lowest BCUT2D eigenvalue weighted by Crippen LogP contribution is -2.13. The molecule has 0 fully saturated rings. The average molecular weight is 247 g/mol. The number of hydrogen-bond donors (Lipinski definition) is 1. The number of rotatable bonds is 3. The number of nitrogens with one attached hydrogen (secondary N) is 1. The van der Waals surface area contributed by atoms with Crippen LogP contribution in [-0.2, 0) is 0 Å². The van der Waals surface area contributed by atoms with Crippen molar-refractivity contribution in [2.24, 2.45) is 5.41 Å². The van der Waals surface area contributed by atoms with Gasteiger partial charge in [-0.1, -0.05) is 44.0 Å². The predicted octanol–water partition coefficient (Wildman–Crippen LogP) is 4.24. The van der Waals surface area contributed by atoms with E-state index in [1.165, 1.54) is 0 Å². The maximum Gasteiger partial charge on any atom is 0.144 e. The summed E-state index contributed by atoms with van der Waals surface area (Å²) in [6.07, 6.45) is 2.65. The zero-order chi connectivity index (χ0) is 11.5. The van der Waals surface area contributed by atoms with Crippen molar-refractivity contribution >= 4 is 29.0 Å². The normalized spacial score (nSPS) is 11.5. The molecule has 84 valence electrons. The molecule has 0 aliphatic carbocycles. The molecule has 0 aliphatic heterocycles. The summed E-state index contributed by atoms with van der Waals surface area (Å²) >= 11 is 11.7. The topological polar surface area (TPSA) is 24.9 Å². The van der Waals surface area contributed by atoms with Crippen molar-refractivity contribution in [3.8, 4) is 0 Å². The summed E-state index contributed by atoms with van der Waals surface area (Å²) in [5, 5.41) is 4.32. The van der Waals surface area contributed by atoms with Gasteiger partial charge in [0.25, 0.3) is 0 Å². The standard InChI is InChI=1S/C11H16Cl2N2/c1-11(2,3)4-5-14-10-9(13)6-8(12)7-15-10/h6-7H,4-5H2,1-3H3,(H,14,15). The molecule has 1 aromatic rings. The fraction of sp³-hybridized carbons (Fsp3) is 0.545. The SMILES string of the molecule is CC(C)(C)CCNc1ncc(Cl)cc1Cl. The zero-order valence-electron chi connectivity index (χ0n) is 9.27. The van der Waals surface area contributed by atoms with Gasteiger partial charge in [0.15, 0.2) is 0 Å². The molecule has 0 aromatic carbocycles. The largest absolute Gasteiger partial charge is 0.369 e. The highest BCUT2D eigenvalue weighted by atomic mass is 35.5. The first-order valence-electron chi connectivity index (χ1n) is 4.93. The summed E-state index contributed by atoms with van der Waals surface area (Å²) in [7, 11) is 0. The van der Waals surface area contributed by atoms with Crippen molar-refractivity contribution in [2.75, 3.05) is 11.9 Å². The van der Waals surface area contributed by atoms with Gasteiger partial charge in [0.05, 0.1) is 10.0 Å². The molecule has 15 heavy (non-hydrogen) atoms. The summed E-state index contributed by atoms with van der Waals surface area (Å²) < 4.78 is 0. The van der Waals surface area contributed by atoms with Crippen LogP contribution < -0.4 is 5.32 Å². The van der Waals surface area contributed by atoms with Gasteiger partial charge in [0, 0.05) is 12.7 Å². The van der Waals surface area contributed by atoms with E-state index in [4.69, 9.17) is 23.2 Å². The quantitative estimate of drug-likeness (QED) is 0.864. The third kappa shape index (κ3) is 4.72. The molecular weight excluding hydrogens is 231 g/mol. The monoisotopic (exact) mass is 246 g/mol. The van der Waals surface area contributed by atoms with E-state index in [9.17, 15) is 0 Å². The fourth-order valence-electron chi connectivity index (χ4n) is 1.10. The second-order valence-electron chi connectivity index (χ2n) is 4.72. The van der Waals surface area contributed by atoms with E-state index in [0.717, 1.165) is 13.0 Å². The van der Waals surface area contributed by atoms with Crippen LogP contribution in [0.5, 0.6) is 0 Å². The molecule has 0 spiro atoms. The molecule has 0 atom stereocenters. The first-order valence-corrected chi connectivity index (χ1v) is 5.69. The van der Waals surface area contributed by atoms with Crippen molar-refractivity contribution in [2.45, 2.75) is 27.2 Å². The molecule has 1 rings (SSSR count). The van der Waals surface area contributed by atoms with Gasteiger partial charge < -0.3 is 5.32 Å². The van der Waals surface area contributed by atoms with Crippen molar-refractivity contribution in [1.82, 2.24) is 4.98 Å². The highest BCUT2D eigenvalue weighted by molar-refractivity contribution is 6.35. The maximum absolute atomic E-state index is 5.97. The number of aromatic nitrogens is 1. The smallest absolute Gasteiger partial charge is 0.144 e. The fourth-order valence-corrected chi connectivity index (χ4v) is 1.55. The van der Waals surface area contributed by atoms with Crippen molar-refractivity contribution < 1.29 is 0 Å². The van der Waals surface area contributed by atoms with Crippen molar-refractivity contribution in [1.29, 1.82) is 0 Å². The van der Waals surface area contributed by atoms with E-state index < -0.39 is 0 Å². The molecule has 0 saturated carbocycles. The minimum Gasteiger partial charge on any atom is -0.369 e. The molecule has 0 saturated heterocycles. The Kier molecular flexibility index (Phi) is 4.23. The Hall–Kier alpha value is -0.470. The number of halogens is 2. The maximum atomic E-state index is 5.97. The van der Waals surface area contributed by atoms with E-state index in [2.05, 4.69) is 31.1 Å². The molecule has 1 heterocycles. The Balaban J connectivity index is 2.51. The van der Waals surface area contributed by atoms with Gasteiger partial charge in [-0.15, -0.1) is 0 Å². The molecule has 0 aliphatic rings. The van der Waals surface area contributed by atoms with Crippen LogP contribution in [-0.4, -0.2) is 11.5 Å². The second kappa shape index (κ2) is 5.04. The van der Waals surface area contributed by atoms with Crippen molar-refractivity contribution in [3.05, 3.63) is 22.3 Å². The minimum absolute atomic E-state index is 0.311. The van der Waals surface area contributed by atoms with Crippen LogP contribution in [0.1, 0.15) is 27.2 Å². The van der Waals surface area contributed by atoms with Crippen LogP contribution >= 0.6 is 23.2 Å². The van der Waals surface area contributed by atoms with E-state index in [1.807, 2.05) is 0 Å². The Labute approximate surface area is 101 Å². The van der Waals surface area contributed by atoms with E-state index in [0.29, 0.717) is 21.3 Å². The lowest BCUT2D eigenvalue weighted by atomic mass is 9.92. The molecule has 0 amide bonds. The minimum atomic E-state index is 0.311. The van der Waals surface area contributed by atoms with E-state index in [-0.39, 0.29) is 0 Å². The summed E-state index contributed by atoms with van der Waals surface area (Å²) in [6.45, 7) is 7.46. The number of hydrogen-bond acceptors (Lipinski definition) is 2. The molecular formula is C11H16Cl2N2. The number of nitrogens with zero attached hydrogens (tertiary/aromatic N) is 1. The predicted molar refractivity (Wildman–Crippen MR) is 66.8 cm³/mol. The molecule has 1 N–H and O–H groups in total. The summed E-state index contributed by atoms with van der Waals surface area (Å²) in [5.74, 6) is 0.699. The van der Waals surface area contributed by atoms with Crippen molar-refractivity contribution in [3.63, 3.8) is 0 Å². The van der Waals surface area contributed by atoms with Crippen LogP contribution in [0.15, 0.2) is 12.3 Å². The summed E-state index contributed by atoms with van der Waals surface area (Å²) in [4.78, 5) is 4.12. The van der Waals surface area contributed by atoms with Gasteiger partial charge in [0.2, 0.25) is 0 Å². The third-order valence-electron chi connectivity index (χ3n) is 1.98. The summed E-state index contributed by atoms with van der Waals surface area (Å²) in [6, 6.07) is 1.69. The number of anilines is 1. The lowest BCUT2D eigenvalue weighted by molar-refractivity contribution is 0.389. The Morgan fingerprint density at radius 3 is 2.53 bits per heavy atom. The van der Waals surface area contributed by atoms with Crippen LogP contribution in [0.2, 0.25) is 10.0 Å². The second-order valence-corrected chi connectivity index (χ2v) is 5.57. The van der Waals surface area contributed by atoms with E-state index >= 15 is 0 Å². The van der Waals surface area contributed by atoms with Gasteiger partial charge >= 0.3 is 0 Å². The molecule has 0 bridgehead atoms. The van der Waals surface area contributed by atoms with Crippen LogP contribution in [0, 0.1) is 5.41 Å². The van der Waals surface area contributed by atoms with E-state index in [1.54, 1.807) is 12.3 Å². The Bertz CT molecular complexity index is 332.